The van der Waals surface area contributed by atoms with Crippen molar-refractivity contribution >= 4 is 0 Å². The number of halogens is 1. The van der Waals surface area contributed by atoms with Gasteiger partial charge in [-0.3, -0.25) is 0 Å². The van der Waals surface area contributed by atoms with Crippen LogP contribution in [0.5, 0.6) is 0 Å². The Morgan fingerprint density at radius 1 is 1.31 bits per heavy atom. The fraction of sp³-hybridized carbons (Fsp3) is 0.455. The largest absolute Gasteiger partial charge is 0.330 e. The minimum atomic E-state index is -0.134. The van der Waals surface area contributed by atoms with E-state index in [2.05, 4.69) is 6.92 Å². The number of hydrogen-bond acceptors (Lipinski definition) is 1. The second-order valence-corrected chi connectivity index (χ2v) is 3.59. The highest BCUT2D eigenvalue weighted by Gasteiger charge is 2.09. The SMILES string of the molecule is Cc1cc(C(C)CN)c(C)cc1F. The average molecular weight is 181 g/mol. The van der Waals surface area contributed by atoms with E-state index < -0.39 is 0 Å². The molecule has 1 nitrogen and oxygen atoms in total. The zero-order valence-corrected chi connectivity index (χ0v) is 8.39. The second kappa shape index (κ2) is 3.88. The van der Waals surface area contributed by atoms with Crippen molar-refractivity contribution in [2.45, 2.75) is 26.7 Å². The standard InChI is InChI=1S/C11H16FN/c1-7-5-11(12)8(2)4-10(7)9(3)6-13/h4-5,9H,6,13H2,1-3H3. The Kier molecular flexibility index (Phi) is 3.04. The zero-order chi connectivity index (χ0) is 10.0. The minimum Gasteiger partial charge on any atom is -0.330 e. The van der Waals surface area contributed by atoms with Crippen LogP contribution in [0.25, 0.3) is 0 Å². The first kappa shape index (κ1) is 10.2. The van der Waals surface area contributed by atoms with Crippen LogP contribution in [0.4, 0.5) is 4.39 Å². The Morgan fingerprint density at radius 3 is 2.46 bits per heavy atom. The summed E-state index contributed by atoms with van der Waals surface area (Å²) in [7, 11) is 0. The van der Waals surface area contributed by atoms with Crippen LogP contribution >= 0.6 is 0 Å². The van der Waals surface area contributed by atoms with Crippen LogP contribution in [-0.4, -0.2) is 6.54 Å². The molecule has 0 fully saturated rings. The average Bonchev–Trinajstić information content (AvgIpc) is 2.10. The summed E-state index contributed by atoms with van der Waals surface area (Å²) in [5.41, 5.74) is 8.40. The van der Waals surface area contributed by atoms with Crippen LogP contribution in [0.3, 0.4) is 0 Å². The van der Waals surface area contributed by atoms with Crippen LogP contribution in [-0.2, 0) is 0 Å². The van der Waals surface area contributed by atoms with Gasteiger partial charge in [0.15, 0.2) is 0 Å². The van der Waals surface area contributed by atoms with Gasteiger partial charge in [-0.05, 0) is 49.1 Å². The van der Waals surface area contributed by atoms with E-state index >= 15 is 0 Å². The van der Waals surface area contributed by atoms with Gasteiger partial charge in [0, 0.05) is 0 Å². The molecule has 1 aromatic carbocycles. The highest BCUT2D eigenvalue weighted by atomic mass is 19.1. The van der Waals surface area contributed by atoms with E-state index in [0.29, 0.717) is 18.0 Å². The third-order valence-corrected chi connectivity index (χ3v) is 2.43. The molecule has 0 spiro atoms. The molecule has 72 valence electrons. The molecule has 0 saturated carbocycles. The number of nitrogens with two attached hydrogens (primary N) is 1. The Morgan fingerprint density at radius 2 is 1.92 bits per heavy atom. The van der Waals surface area contributed by atoms with Gasteiger partial charge in [-0.1, -0.05) is 13.0 Å². The molecule has 0 aromatic heterocycles. The smallest absolute Gasteiger partial charge is 0.126 e. The van der Waals surface area contributed by atoms with Gasteiger partial charge < -0.3 is 5.73 Å². The summed E-state index contributed by atoms with van der Waals surface area (Å²) in [5, 5.41) is 0. The molecule has 0 aliphatic heterocycles. The Labute approximate surface area is 78.8 Å². The van der Waals surface area contributed by atoms with Crippen molar-refractivity contribution in [3.63, 3.8) is 0 Å². The molecule has 1 atom stereocenters. The van der Waals surface area contributed by atoms with Gasteiger partial charge >= 0.3 is 0 Å². The summed E-state index contributed by atoms with van der Waals surface area (Å²) in [6.07, 6.45) is 0. The Bertz CT molecular complexity index is 307. The van der Waals surface area contributed by atoms with E-state index in [1.807, 2.05) is 13.0 Å². The number of aryl methyl sites for hydroxylation is 2. The Balaban J connectivity index is 3.15. The molecule has 0 aliphatic carbocycles. The first-order valence-electron chi connectivity index (χ1n) is 4.53. The van der Waals surface area contributed by atoms with Crippen molar-refractivity contribution in [2.24, 2.45) is 5.73 Å². The summed E-state index contributed by atoms with van der Waals surface area (Å²) >= 11 is 0. The molecule has 0 bridgehead atoms. The van der Waals surface area contributed by atoms with Crippen LogP contribution < -0.4 is 5.73 Å². The molecule has 1 unspecified atom stereocenters. The van der Waals surface area contributed by atoms with Gasteiger partial charge in [0.05, 0.1) is 0 Å². The zero-order valence-electron chi connectivity index (χ0n) is 8.39. The number of benzene rings is 1. The maximum Gasteiger partial charge on any atom is 0.126 e. The van der Waals surface area contributed by atoms with Crippen molar-refractivity contribution in [1.29, 1.82) is 0 Å². The van der Waals surface area contributed by atoms with E-state index in [-0.39, 0.29) is 5.82 Å². The third-order valence-electron chi connectivity index (χ3n) is 2.43. The molecule has 1 aromatic rings. The molecule has 1 rings (SSSR count). The summed E-state index contributed by atoms with van der Waals surface area (Å²) < 4.78 is 13.1. The van der Waals surface area contributed by atoms with Crippen molar-refractivity contribution in [2.75, 3.05) is 6.54 Å². The predicted molar refractivity (Wildman–Crippen MR) is 53.3 cm³/mol. The van der Waals surface area contributed by atoms with Gasteiger partial charge in [0.25, 0.3) is 0 Å². The van der Waals surface area contributed by atoms with E-state index in [4.69, 9.17) is 5.73 Å². The van der Waals surface area contributed by atoms with Crippen molar-refractivity contribution in [3.8, 4) is 0 Å². The quantitative estimate of drug-likeness (QED) is 0.745. The molecule has 2 heteroatoms. The molecule has 0 saturated heterocycles. The molecule has 2 N–H and O–H groups in total. The molecule has 0 heterocycles. The van der Waals surface area contributed by atoms with Gasteiger partial charge in [-0.25, -0.2) is 4.39 Å². The first-order chi connectivity index (χ1) is 6.06. The summed E-state index contributed by atoms with van der Waals surface area (Å²) in [5.74, 6) is 0.171. The van der Waals surface area contributed by atoms with Crippen LogP contribution in [0.2, 0.25) is 0 Å². The van der Waals surface area contributed by atoms with Crippen molar-refractivity contribution < 1.29 is 4.39 Å². The summed E-state index contributed by atoms with van der Waals surface area (Å²) in [6.45, 7) is 6.36. The van der Waals surface area contributed by atoms with Gasteiger partial charge in [0.2, 0.25) is 0 Å². The summed E-state index contributed by atoms with van der Waals surface area (Å²) in [4.78, 5) is 0. The van der Waals surface area contributed by atoms with E-state index in [9.17, 15) is 4.39 Å². The molecular weight excluding hydrogens is 165 g/mol. The fourth-order valence-electron chi connectivity index (χ4n) is 1.46. The maximum atomic E-state index is 13.1. The second-order valence-electron chi connectivity index (χ2n) is 3.59. The topological polar surface area (TPSA) is 26.0 Å². The van der Waals surface area contributed by atoms with Crippen LogP contribution in [0.15, 0.2) is 12.1 Å². The first-order valence-corrected chi connectivity index (χ1v) is 4.53. The number of rotatable bonds is 2. The highest BCUT2D eigenvalue weighted by Crippen LogP contribution is 2.21. The lowest BCUT2D eigenvalue weighted by molar-refractivity contribution is 0.614. The number of hydrogen-bond donors (Lipinski definition) is 1. The van der Waals surface area contributed by atoms with Gasteiger partial charge in [-0.2, -0.15) is 0 Å². The van der Waals surface area contributed by atoms with Gasteiger partial charge in [-0.15, -0.1) is 0 Å². The highest BCUT2D eigenvalue weighted by molar-refractivity contribution is 5.34. The fourth-order valence-corrected chi connectivity index (χ4v) is 1.46. The summed E-state index contributed by atoms with van der Waals surface area (Å²) in [6, 6.07) is 3.47. The normalized spacial score (nSPS) is 13.0. The monoisotopic (exact) mass is 181 g/mol. The molecule has 0 amide bonds. The predicted octanol–water partition coefficient (Wildman–Crippen LogP) is 2.50. The minimum absolute atomic E-state index is 0.134. The molecular formula is C11H16FN. The third kappa shape index (κ3) is 2.07. The van der Waals surface area contributed by atoms with Crippen molar-refractivity contribution in [1.82, 2.24) is 0 Å². The van der Waals surface area contributed by atoms with Crippen LogP contribution in [0.1, 0.15) is 29.5 Å². The van der Waals surface area contributed by atoms with Crippen LogP contribution in [0, 0.1) is 19.7 Å². The Hall–Kier alpha value is -0.890. The van der Waals surface area contributed by atoms with Gasteiger partial charge in [0.1, 0.15) is 5.82 Å². The lowest BCUT2D eigenvalue weighted by atomic mass is 9.94. The lowest BCUT2D eigenvalue weighted by Crippen LogP contribution is -2.10. The van der Waals surface area contributed by atoms with E-state index in [1.54, 1.807) is 13.0 Å². The maximum absolute atomic E-state index is 13.1. The molecule has 0 aliphatic rings. The van der Waals surface area contributed by atoms with Crippen molar-refractivity contribution in [3.05, 3.63) is 34.6 Å². The van der Waals surface area contributed by atoms with E-state index in [1.165, 1.54) is 0 Å². The lowest BCUT2D eigenvalue weighted by Gasteiger charge is -2.13. The van der Waals surface area contributed by atoms with E-state index in [0.717, 1.165) is 11.1 Å². The molecule has 0 radical (unpaired) electrons. The molecule has 13 heavy (non-hydrogen) atoms.